The van der Waals surface area contributed by atoms with Gasteiger partial charge in [0.1, 0.15) is 5.76 Å². The summed E-state index contributed by atoms with van der Waals surface area (Å²) in [6, 6.07) is 11.4. The van der Waals surface area contributed by atoms with E-state index in [0.717, 1.165) is 23.3 Å². The van der Waals surface area contributed by atoms with Crippen molar-refractivity contribution in [2.24, 2.45) is 0 Å². The largest absolute Gasteiger partial charge is 0.468 e. The highest BCUT2D eigenvalue weighted by atomic mass is 79.9. The van der Waals surface area contributed by atoms with E-state index in [9.17, 15) is 4.79 Å². The zero-order valence-corrected chi connectivity index (χ0v) is 15.8. The number of halogens is 2. The number of benzene rings is 1. The second kappa shape index (κ2) is 9.25. The lowest BCUT2D eigenvalue weighted by Crippen LogP contribution is -2.40. The topological polar surface area (TPSA) is 45.5 Å². The first kappa shape index (κ1) is 19.0. The first-order valence-electron chi connectivity index (χ1n) is 8.05. The quantitative estimate of drug-likeness (QED) is 0.789. The second-order valence-electron chi connectivity index (χ2n) is 5.84. The molecule has 1 aromatic heterocycles. The van der Waals surface area contributed by atoms with Crippen molar-refractivity contribution in [3.05, 3.63) is 58.5 Å². The van der Waals surface area contributed by atoms with E-state index in [1.807, 2.05) is 36.4 Å². The molecule has 1 atom stereocenters. The number of furan rings is 1. The minimum absolute atomic E-state index is 0. The number of carbonyl (C=O) groups is 1. The Balaban J connectivity index is 0.00000208. The molecule has 0 spiro atoms. The van der Waals surface area contributed by atoms with Gasteiger partial charge in [-0.3, -0.25) is 9.69 Å². The van der Waals surface area contributed by atoms with Crippen LogP contribution in [0.5, 0.6) is 0 Å². The lowest BCUT2D eigenvalue weighted by atomic mass is 10.1. The maximum Gasteiger partial charge on any atom is 0.251 e. The molecule has 1 aliphatic rings. The van der Waals surface area contributed by atoms with E-state index in [1.165, 1.54) is 19.3 Å². The molecule has 2 aromatic rings. The Bertz CT molecular complexity index is 625. The lowest BCUT2D eigenvalue weighted by molar-refractivity contribution is 0.0914. The molecule has 24 heavy (non-hydrogen) atoms. The van der Waals surface area contributed by atoms with Crippen molar-refractivity contribution in [2.75, 3.05) is 19.6 Å². The molecule has 3 rings (SSSR count). The Labute approximate surface area is 157 Å². The number of rotatable bonds is 5. The highest BCUT2D eigenvalue weighted by molar-refractivity contribution is 9.10. The van der Waals surface area contributed by atoms with E-state index in [-0.39, 0.29) is 24.4 Å². The third-order valence-corrected chi connectivity index (χ3v) is 4.79. The van der Waals surface area contributed by atoms with Crippen LogP contribution in [0.2, 0.25) is 0 Å². The van der Waals surface area contributed by atoms with E-state index < -0.39 is 0 Å². The number of nitrogens with one attached hydrogen (secondary N) is 1. The first-order chi connectivity index (χ1) is 11.2. The van der Waals surface area contributed by atoms with Crippen molar-refractivity contribution in [1.29, 1.82) is 0 Å². The van der Waals surface area contributed by atoms with Gasteiger partial charge < -0.3 is 9.73 Å². The maximum absolute atomic E-state index is 12.3. The van der Waals surface area contributed by atoms with Crippen LogP contribution in [0.15, 0.2) is 51.6 Å². The SMILES string of the molecule is Cl.O=C(NCC(c1ccco1)N1CCCCC1)c1ccc(Br)cc1. The zero-order chi connectivity index (χ0) is 16.1. The van der Waals surface area contributed by atoms with E-state index in [1.54, 1.807) is 6.26 Å². The number of hydrogen-bond acceptors (Lipinski definition) is 3. The molecular weight excluding hydrogens is 392 g/mol. The van der Waals surface area contributed by atoms with Crippen LogP contribution in [0.4, 0.5) is 0 Å². The van der Waals surface area contributed by atoms with E-state index >= 15 is 0 Å². The van der Waals surface area contributed by atoms with Gasteiger partial charge in [-0.2, -0.15) is 0 Å². The van der Waals surface area contributed by atoms with Crippen LogP contribution >= 0.6 is 28.3 Å². The molecule has 0 bridgehead atoms. The molecule has 0 aliphatic carbocycles. The summed E-state index contributed by atoms with van der Waals surface area (Å²) in [6.07, 6.45) is 5.39. The summed E-state index contributed by atoms with van der Waals surface area (Å²) < 4.78 is 6.57. The van der Waals surface area contributed by atoms with Gasteiger partial charge in [0.2, 0.25) is 0 Å². The first-order valence-corrected chi connectivity index (χ1v) is 8.84. The monoisotopic (exact) mass is 412 g/mol. The van der Waals surface area contributed by atoms with Crippen LogP contribution in [-0.4, -0.2) is 30.4 Å². The summed E-state index contributed by atoms with van der Waals surface area (Å²) >= 11 is 3.38. The Morgan fingerprint density at radius 2 is 1.88 bits per heavy atom. The van der Waals surface area contributed by atoms with Gasteiger partial charge in [0.25, 0.3) is 5.91 Å². The van der Waals surface area contributed by atoms with Gasteiger partial charge in [0, 0.05) is 16.6 Å². The minimum atomic E-state index is -0.0499. The number of likely N-dealkylation sites (tertiary alicyclic amines) is 1. The summed E-state index contributed by atoms with van der Waals surface area (Å²) in [5, 5.41) is 3.05. The van der Waals surface area contributed by atoms with Crippen LogP contribution in [0.3, 0.4) is 0 Å². The molecule has 1 amide bonds. The Hall–Kier alpha value is -1.30. The summed E-state index contributed by atoms with van der Waals surface area (Å²) in [4.78, 5) is 14.7. The second-order valence-corrected chi connectivity index (χ2v) is 6.76. The van der Waals surface area contributed by atoms with Crippen LogP contribution in [0.25, 0.3) is 0 Å². The summed E-state index contributed by atoms with van der Waals surface area (Å²) in [7, 11) is 0. The smallest absolute Gasteiger partial charge is 0.251 e. The number of carbonyl (C=O) groups excluding carboxylic acids is 1. The standard InChI is InChI=1S/C18H21BrN2O2.ClH/c19-15-8-6-14(7-9-15)18(22)20-13-16(17-5-4-12-23-17)21-10-2-1-3-11-21;/h4-9,12,16H,1-3,10-11,13H2,(H,20,22);1H. The summed E-state index contributed by atoms with van der Waals surface area (Å²) in [6.45, 7) is 2.67. The van der Waals surface area contributed by atoms with E-state index in [0.29, 0.717) is 12.1 Å². The highest BCUT2D eigenvalue weighted by Gasteiger charge is 2.25. The molecule has 1 fully saturated rings. The van der Waals surface area contributed by atoms with E-state index in [4.69, 9.17) is 4.42 Å². The third-order valence-electron chi connectivity index (χ3n) is 4.27. The third kappa shape index (κ3) is 4.85. The number of hydrogen-bond donors (Lipinski definition) is 1. The summed E-state index contributed by atoms with van der Waals surface area (Å²) in [5.41, 5.74) is 0.671. The molecule has 1 unspecified atom stereocenters. The molecule has 1 aliphatic heterocycles. The average Bonchev–Trinajstić information content (AvgIpc) is 3.11. The molecule has 6 heteroatoms. The molecule has 1 saturated heterocycles. The van der Waals surface area contributed by atoms with Gasteiger partial charge in [0.05, 0.1) is 12.3 Å². The van der Waals surface area contributed by atoms with Crippen molar-refractivity contribution < 1.29 is 9.21 Å². The number of nitrogens with zero attached hydrogens (tertiary/aromatic N) is 1. The Kier molecular flexibility index (Phi) is 7.34. The lowest BCUT2D eigenvalue weighted by Gasteiger charge is -2.33. The van der Waals surface area contributed by atoms with E-state index in [2.05, 4.69) is 26.1 Å². The van der Waals surface area contributed by atoms with Gasteiger partial charge in [-0.1, -0.05) is 22.4 Å². The molecule has 130 valence electrons. The predicted molar refractivity (Wildman–Crippen MR) is 101 cm³/mol. The van der Waals surface area contributed by atoms with Crippen LogP contribution in [0, 0.1) is 0 Å². The van der Waals surface area contributed by atoms with Crippen molar-refractivity contribution in [2.45, 2.75) is 25.3 Å². The predicted octanol–water partition coefficient (Wildman–Crippen LogP) is 4.42. The fourth-order valence-corrected chi connectivity index (χ4v) is 3.28. The zero-order valence-electron chi connectivity index (χ0n) is 13.4. The fourth-order valence-electron chi connectivity index (χ4n) is 3.01. The van der Waals surface area contributed by atoms with Gasteiger partial charge in [-0.15, -0.1) is 12.4 Å². The fraction of sp³-hybridized carbons (Fsp3) is 0.389. The van der Waals surface area contributed by atoms with Crippen LogP contribution in [0.1, 0.15) is 41.4 Å². The van der Waals surface area contributed by atoms with Crippen molar-refractivity contribution in [3.8, 4) is 0 Å². The molecule has 0 radical (unpaired) electrons. The number of piperidine rings is 1. The highest BCUT2D eigenvalue weighted by Crippen LogP contribution is 2.24. The summed E-state index contributed by atoms with van der Waals surface area (Å²) in [5.74, 6) is 0.870. The van der Waals surface area contributed by atoms with Crippen LogP contribution in [-0.2, 0) is 0 Å². The van der Waals surface area contributed by atoms with Crippen molar-refractivity contribution in [1.82, 2.24) is 10.2 Å². The average molecular weight is 414 g/mol. The maximum atomic E-state index is 12.3. The van der Waals surface area contributed by atoms with Crippen molar-refractivity contribution >= 4 is 34.2 Å². The molecule has 1 aromatic carbocycles. The Morgan fingerprint density at radius 1 is 1.17 bits per heavy atom. The molecule has 1 N–H and O–H groups in total. The molecule has 4 nitrogen and oxygen atoms in total. The molecule has 2 heterocycles. The van der Waals surface area contributed by atoms with Gasteiger partial charge in [-0.25, -0.2) is 0 Å². The van der Waals surface area contributed by atoms with Gasteiger partial charge in [0.15, 0.2) is 0 Å². The Morgan fingerprint density at radius 3 is 2.50 bits per heavy atom. The normalized spacial score (nSPS) is 16.2. The van der Waals surface area contributed by atoms with Crippen molar-refractivity contribution in [3.63, 3.8) is 0 Å². The van der Waals surface area contributed by atoms with Crippen LogP contribution < -0.4 is 5.32 Å². The molecular formula is C18H22BrClN2O2. The minimum Gasteiger partial charge on any atom is -0.468 e. The van der Waals surface area contributed by atoms with Gasteiger partial charge >= 0.3 is 0 Å². The van der Waals surface area contributed by atoms with Gasteiger partial charge in [-0.05, 0) is 62.3 Å². The number of amides is 1. The molecule has 0 saturated carbocycles.